The van der Waals surface area contributed by atoms with Crippen LogP contribution in [0.25, 0.3) is 0 Å². The third-order valence-corrected chi connectivity index (χ3v) is 4.16. The summed E-state index contributed by atoms with van der Waals surface area (Å²) >= 11 is 9.36. The van der Waals surface area contributed by atoms with Crippen LogP contribution in [0.15, 0.2) is 36.4 Å². The van der Waals surface area contributed by atoms with Gasteiger partial charge in [0, 0.05) is 27.0 Å². The molecule has 5 heteroatoms. The van der Waals surface area contributed by atoms with Crippen LogP contribution in [-0.2, 0) is 6.42 Å². The van der Waals surface area contributed by atoms with Gasteiger partial charge in [-0.3, -0.25) is 0 Å². The van der Waals surface area contributed by atoms with E-state index in [0.717, 1.165) is 0 Å². The first-order valence-electron chi connectivity index (χ1n) is 5.93. The maximum absolute atomic E-state index is 14.0. The minimum Gasteiger partial charge on any atom is -0.497 e. The third-order valence-electron chi connectivity index (χ3n) is 2.99. The first-order chi connectivity index (χ1) is 9.52. The Morgan fingerprint density at radius 3 is 2.55 bits per heavy atom. The molecule has 0 bridgehead atoms. The Morgan fingerprint density at radius 2 is 1.95 bits per heavy atom. The lowest BCUT2D eigenvalue weighted by atomic mass is 10.0. The first kappa shape index (κ1) is 15.3. The molecule has 0 heterocycles. The molecule has 0 N–H and O–H groups in total. The molecule has 1 unspecified atom stereocenters. The molecule has 1 atom stereocenters. The fourth-order valence-electron chi connectivity index (χ4n) is 1.91. The molecule has 0 aliphatic carbocycles. The molecule has 0 radical (unpaired) electrons. The van der Waals surface area contributed by atoms with Crippen LogP contribution in [0.3, 0.4) is 0 Å². The van der Waals surface area contributed by atoms with E-state index in [1.165, 1.54) is 19.2 Å². The van der Waals surface area contributed by atoms with E-state index in [2.05, 4.69) is 15.9 Å². The second kappa shape index (κ2) is 6.55. The van der Waals surface area contributed by atoms with Crippen LogP contribution in [0.4, 0.5) is 8.78 Å². The highest BCUT2D eigenvalue weighted by molar-refractivity contribution is 9.09. The summed E-state index contributed by atoms with van der Waals surface area (Å²) in [6, 6.07) is 9.07. The number of benzene rings is 2. The van der Waals surface area contributed by atoms with Gasteiger partial charge in [0.25, 0.3) is 0 Å². The van der Waals surface area contributed by atoms with Gasteiger partial charge < -0.3 is 4.74 Å². The highest BCUT2D eigenvalue weighted by atomic mass is 79.9. The van der Waals surface area contributed by atoms with Crippen LogP contribution < -0.4 is 4.74 Å². The second-order valence-electron chi connectivity index (χ2n) is 4.26. The molecule has 0 saturated heterocycles. The molecule has 106 valence electrons. The van der Waals surface area contributed by atoms with Crippen molar-refractivity contribution in [3.8, 4) is 5.75 Å². The monoisotopic (exact) mass is 360 g/mol. The minimum atomic E-state index is -0.404. The van der Waals surface area contributed by atoms with Gasteiger partial charge in [-0.05, 0) is 24.6 Å². The summed E-state index contributed by atoms with van der Waals surface area (Å²) in [5.41, 5.74) is 0.802. The molecule has 0 aliphatic heterocycles. The van der Waals surface area contributed by atoms with Crippen LogP contribution in [-0.4, -0.2) is 7.11 Å². The summed E-state index contributed by atoms with van der Waals surface area (Å²) in [5, 5.41) is 0.336. The number of methoxy groups -OCH3 is 1. The summed E-state index contributed by atoms with van der Waals surface area (Å²) < 4.78 is 32.6. The molecule has 0 saturated carbocycles. The Hall–Kier alpha value is -1.13. The van der Waals surface area contributed by atoms with Crippen molar-refractivity contribution in [3.63, 3.8) is 0 Å². The highest BCUT2D eigenvalue weighted by Gasteiger charge is 2.17. The maximum Gasteiger partial charge on any atom is 0.131 e. The van der Waals surface area contributed by atoms with Gasteiger partial charge in [-0.1, -0.05) is 39.7 Å². The van der Waals surface area contributed by atoms with Crippen LogP contribution in [0, 0.1) is 11.6 Å². The number of hydrogen-bond acceptors (Lipinski definition) is 1. The van der Waals surface area contributed by atoms with E-state index >= 15 is 0 Å². The van der Waals surface area contributed by atoms with Crippen molar-refractivity contribution in [2.24, 2.45) is 0 Å². The Balaban J connectivity index is 2.26. The molecule has 0 aliphatic rings. The zero-order valence-corrected chi connectivity index (χ0v) is 13.0. The lowest BCUT2D eigenvalue weighted by molar-refractivity contribution is 0.410. The van der Waals surface area contributed by atoms with E-state index < -0.39 is 11.6 Å². The zero-order valence-electron chi connectivity index (χ0n) is 10.7. The quantitative estimate of drug-likeness (QED) is 0.671. The third kappa shape index (κ3) is 3.30. The predicted octanol–water partition coefficient (Wildman–Crippen LogP) is 5.31. The van der Waals surface area contributed by atoms with Crippen molar-refractivity contribution in [2.75, 3.05) is 7.11 Å². The van der Waals surface area contributed by atoms with Crippen LogP contribution >= 0.6 is 27.5 Å². The van der Waals surface area contributed by atoms with E-state index in [1.807, 2.05) is 0 Å². The molecule has 2 rings (SSSR count). The summed E-state index contributed by atoms with van der Waals surface area (Å²) in [7, 11) is 1.47. The van der Waals surface area contributed by atoms with Gasteiger partial charge in [0.1, 0.15) is 17.4 Å². The van der Waals surface area contributed by atoms with Gasteiger partial charge >= 0.3 is 0 Å². The van der Waals surface area contributed by atoms with Gasteiger partial charge in [-0.25, -0.2) is 8.78 Å². The molecule has 1 nitrogen and oxygen atoms in total. The van der Waals surface area contributed by atoms with Gasteiger partial charge in [0.2, 0.25) is 0 Å². The number of hydrogen-bond donors (Lipinski definition) is 0. The van der Waals surface area contributed by atoms with E-state index in [9.17, 15) is 8.78 Å². The SMILES string of the molecule is COc1ccc(C(Br)Cc2c(F)cccc2Cl)c(F)c1. The summed E-state index contributed by atoms with van der Waals surface area (Å²) in [6.45, 7) is 0. The molecule has 20 heavy (non-hydrogen) atoms. The number of ether oxygens (including phenoxy) is 1. The van der Waals surface area contributed by atoms with Crippen LogP contribution in [0.5, 0.6) is 5.75 Å². The van der Waals surface area contributed by atoms with Crippen molar-refractivity contribution in [1.82, 2.24) is 0 Å². The average molecular weight is 362 g/mol. The Labute approximate surface area is 129 Å². The molecular formula is C15H12BrClF2O. The molecule has 0 aromatic heterocycles. The normalized spacial score (nSPS) is 12.2. The molecule has 0 amide bonds. The topological polar surface area (TPSA) is 9.23 Å². The van der Waals surface area contributed by atoms with Crippen LogP contribution in [0.2, 0.25) is 5.02 Å². The van der Waals surface area contributed by atoms with Gasteiger partial charge in [-0.15, -0.1) is 0 Å². The summed E-state index contributed by atoms with van der Waals surface area (Å²) in [5.74, 6) is -0.357. The fraction of sp³-hybridized carbons (Fsp3) is 0.200. The van der Waals surface area contributed by atoms with Crippen molar-refractivity contribution in [3.05, 3.63) is 64.2 Å². The Morgan fingerprint density at radius 1 is 1.20 bits per heavy atom. The smallest absolute Gasteiger partial charge is 0.131 e. The van der Waals surface area contributed by atoms with Crippen molar-refractivity contribution in [1.29, 1.82) is 0 Å². The molecular weight excluding hydrogens is 350 g/mol. The summed E-state index contributed by atoms with van der Waals surface area (Å²) in [6.07, 6.45) is 0.259. The fourth-order valence-corrected chi connectivity index (χ4v) is 2.84. The number of rotatable bonds is 4. The molecule has 2 aromatic carbocycles. The Kier molecular flexibility index (Phi) is 5.00. The zero-order chi connectivity index (χ0) is 14.7. The Bertz CT molecular complexity index is 599. The molecule has 0 spiro atoms. The minimum absolute atomic E-state index is 0.259. The summed E-state index contributed by atoms with van der Waals surface area (Å²) in [4.78, 5) is -0.372. The lowest BCUT2D eigenvalue weighted by Gasteiger charge is -2.14. The highest BCUT2D eigenvalue weighted by Crippen LogP contribution is 2.33. The number of alkyl halides is 1. The molecule has 0 fully saturated rings. The van der Waals surface area contributed by atoms with E-state index in [0.29, 0.717) is 21.9 Å². The maximum atomic E-state index is 14.0. The largest absolute Gasteiger partial charge is 0.497 e. The van der Waals surface area contributed by atoms with Crippen molar-refractivity contribution < 1.29 is 13.5 Å². The average Bonchev–Trinajstić information content (AvgIpc) is 2.42. The van der Waals surface area contributed by atoms with E-state index in [4.69, 9.17) is 16.3 Å². The van der Waals surface area contributed by atoms with Gasteiger partial charge in [0.15, 0.2) is 0 Å². The van der Waals surface area contributed by atoms with Crippen LogP contribution in [0.1, 0.15) is 16.0 Å². The first-order valence-corrected chi connectivity index (χ1v) is 7.22. The number of halogens is 4. The van der Waals surface area contributed by atoms with Crippen molar-refractivity contribution in [2.45, 2.75) is 11.2 Å². The standard InChI is InChI=1S/C15H12BrClF2O/c1-20-9-5-6-10(15(19)7-9)12(16)8-11-13(17)3-2-4-14(11)18/h2-7,12H,8H2,1H3. The lowest BCUT2D eigenvalue weighted by Crippen LogP contribution is -2.02. The second-order valence-corrected chi connectivity index (χ2v) is 5.77. The predicted molar refractivity (Wildman–Crippen MR) is 79.7 cm³/mol. The van der Waals surface area contributed by atoms with E-state index in [-0.39, 0.29) is 11.2 Å². The molecule has 2 aromatic rings. The van der Waals surface area contributed by atoms with Gasteiger partial charge in [0.05, 0.1) is 7.11 Å². The van der Waals surface area contributed by atoms with Crippen molar-refractivity contribution >= 4 is 27.5 Å². The van der Waals surface area contributed by atoms with Gasteiger partial charge in [-0.2, -0.15) is 0 Å². The van der Waals surface area contributed by atoms with E-state index in [1.54, 1.807) is 24.3 Å².